The molecular weight excluding hydrogens is 260 g/mol. The van der Waals surface area contributed by atoms with E-state index in [2.05, 4.69) is 15.6 Å². The van der Waals surface area contributed by atoms with Crippen LogP contribution in [0.2, 0.25) is 0 Å². The summed E-state index contributed by atoms with van der Waals surface area (Å²) in [5.41, 5.74) is -0.193. The van der Waals surface area contributed by atoms with Gasteiger partial charge >= 0.3 is 0 Å². The molecule has 1 amide bonds. The molecule has 2 aromatic rings. The number of carbonyl (C=O) groups excluding carboxylic acids is 1. The van der Waals surface area contributed by atoms with Gasteiger partial charge in [-0.15, -0.1) is 5.10 Å². The van der Waals surface area contributed by atoms with Crippen molar-refractivity contribution >= 4 is 5.91 Å². The van der Waals surface area contributed by atoms with Gasteiger partial charge in [-0.05, 0) is 19.1 Å². The van der Waals surface area contributed by atoms with Gasteiger partial charge in [0.1, 0.15) is 0 Å². The SMILES string of the molecule is CC(CO)(CO)NC(=O)c1cn(-c2ccccc2)nn1. The first-order valence-corrected chi connectivity index (χ1v) is 6.10. The van der Waals surface area contributed by atoms with E-state index in [1.54, 1.807) is 0 Å². The molecule has 0 saturated heterocycles. The lowest BCUT2D eigenvalue weighted by Gasteiger charge is -2.25. The smallest absolute Gasteiger partial charge is 0.274 e. The minimum atomic E-state index is -1.09. The maximum absolute atomic E-state index is 12.0. The maximum atomic E-state index is 12.0. The second-order valence-electron chi connectivity index (χ2n) is 4.71. The van der Waals surface area contributed by atoms with Crippen LogP contribution in [0.15, 0.2) is 36.5 Å². The molecule has 3 N–H and O–H groups in total. The van der Waals surface area contributed by atoms with Crippen molar-refractivity contribution in [3.05, 3.63) is 42.2 Å². The molecule has 1 aromatic heterocycles. The van der Waals surface area contributed by atoms with E-state index in [0.29, 0.717) is 0 Å². The summed E-state index contributed by atoms with van der Waals surface area (Å²) in [5, 5.41) is 28.5. The van der Waals surface area contributed by atoms with E-state index in [4.69, 9.17) is 10.2 Å². The first kappa shape index (κ1) is 14.2. The molecule has 1 aromatic carbocycles. The number of benzene rings is 1. The Morgan fingerprint density at radius 2 is 1.95 bits per heavy atom. The van der Waals surface area contributed by atoms with Crippen LogP contribution in [-0.4, -0.2) is 49.9 Å². The van der Waals surface area contributed by atoms with Crippen LogP contribution in [0.1, 0.15) is 17.4 Å². The summed E-state index contributed by atoms with van der Waals surface area (Å²) in [6.45, 7) is 0.788. The van der Waals surface area contributed by atoms with Gasteiger partial charge in [-0.3, -0.25) is 4.79 Å². The van der Waals surface area contributed by atoms with E-state index >= 15 is 0 Å². The van der Waals surface area contributed by atoms with Crippen LogP contribution in [0.25, 0.3) is 5.69 Å². The highest BCUT2D eigenvalue weighted by molar-refractivity contribution is 5.92. The van der Waals surface area contributed by atoms with Gasteiger partial charge in [-0.2, -0.15) is 0 Å². The largest absolute Gasteiger partial charge is 0.394 e. The molecule has 0 aliphatic rings. The van der Waals surface area contributed by atoms with Crippen LogP contribution >= 0.6 is 0 Å². The fraction of sp³-hybridized carbons (Fsp3) is 0.308. The number of hydrogen-bond acceptors (Lipinski definition) is 5. The van der Waals surface area contributed by atoms with Crippen molar-refractivity contribution in [1.82, 2.24) is 20.3 Å². The zero-order chi connectivity index (χ0) is 14.6. The number of hydrogen-bond donors (Lipinski definition) is 3. The average Bonchev–Trinajstić information content (AvgIpc) is 2.98. The van der Waals surface area contributed by atoms with Gasteiger partial charge in [0.15, 0.2) is 5.69 Å². The number of rotatable bonds is 5. The number of aliphatic hydroxyl groups is 2. The van der Waals surface area contributed by atoms with Crippen molar-refractivity contribution in [2.75, 3.05) is 13.2 Å². The molecule has 0 fully saturated rings. The lowest BCUT2D eigenvalue weighted by molar-refractivity contribution is 0.0719. The molecule has 0 bridgehead atoms. The fourth-order valence-corrected chi connectivity index (χ4v) is 1.54. The molecule has 0 aliphatic carbocycles. The number of nitrogens with one attached hydrogen (secondary N) is 1. The van der Waals surface area contributed by atoms with Crippen molar-refractivity contribution in [2.45, 2.75) is 12.5 Å². The zero-order valence-corrected chi connectivity index (χ0v) is 11.0. The molecule has 0 radical (unpaired) electrons. The van der Waals surface area contributed by atoms with E-state index < -0.39 is 11.4 Å². The lowest BCUT2D eigenvalue weighted by Crippen LogP contribution is -2.51. The molecule has 0 atom stereocenters. The summed E-state index contributed by atoms with van der Waals surface area (Å²) >= 11 is 0. The van der Waals surface area contributed by atoms with Crippen LogP contribution in [-0.2, 0) is 0 Å². The van der Waals surface area contributed by atoms with Gasteiger partial charge in [0.2, 0.25) is 0 Å². The molecule has 0 saturated carbocycles. The minimum Gasteiger partial charge on any atom is -0.394 e. The summed E-state index contributed by atoms with van der Waals surface area (Å²) < 4.78 is 1.48. The Hall–Kier alpha value is -2.25. The van der Waals surface area contributed by atoms with E-state index in [-0.39, 0.29) is 18.9 Å². The quantitative estimate of drug-likeness (QED) is 0.698. The normalized spacial score (nSPS) is 11.3. The first-order valence-electron chi connectivity index (χ1n) is 6.10. The number of nitrogens with zero attached hydrogens (tertiary/aromatic N) is 3. The van der Waals surface area contributed by atoms with Crippen LogP contribution in [0.3, 0.4) is 0 Å². The van der Waals surface area contributed by atoms with Crippen LogP contribution in [0, 0.1) is 0 Å². The van der Waals surface area contributed by atoms with Crippen molar-refractivity contribution in [1.29, 1.82) is 0 Å². The Kier molecular flexibility index (Phi) is 4.11. The van der Waals surface area contributed by atoms with Crippen molar-refractivity contribution < 1.29 is 15.0 Å². The molecule has 7 heteroatoms. The highest BCUT2D eigenvalue weighted by Crippen LogP contribution is 2.07. The van der Waals surface area contributed by atoms with Gasteiger partial charge in [0, 0.05) is 0 Å². The summed E-state index contributed by atoms with van der Waals surface area (Å²) in [7, 11) is 0. The summed E-state index contributed by atoms with van der Waals surface area (Å²) in [4.78, 5) is 12.0. The summed E-state index contributed by atoms with van der Waals surface area (Å²) in [5.74, 6) is -0.502. The van der Waals surface area contributed by atoms with Crippen molar-refractivity contribution in [2.24, 2.45) is 0 Å². The predicted molar refractivity (Wildman–Crippen MR) is 71.4 cm³/mol. The number of amides is 1. The first-order chi connectivity index (χ1) is 9.58. The molecule has 0 aliphatic heterocycles. The molecule has 0 spiro atoms. The summed E-state index contributed by atoms with van der Waals surface area (Å²) in [6, 6.07) is 9.25. The Morgan fingerprint density at radius 3 is 2.55 bits per heavy atom. The van der Waals surface area contributed by atoms with E-state index in [1.807, 2.05) is 30.3 Å². The maximum Gasteiger partial charge on any atom is 0.274 e. The Balaban J connectivity index is 2.15. The van der Waals surface area contributed by atoms with Crippen molar-refractivity contribution in [3.63, 3.8) is 0 Å². The second-order valence-corrected chi connectivity index (χ2v) is 4.71. The zero-order valence-electron chi connectivity index (χ0n) is 11.0. The topological polar surface area (TPSA) is 100 Å². The van der Waals surface area contributed by atoms with Gasteiger partial charge in [0.05, 0.1) is 30.6 Å². The fourth-order valence-electron chi connectivity index (χ4n) is 1.54. The monoisotopic (exact) mass is 276 g/mol. The van der Waals surface area contributed by atoms with Gasteiger partial charge in [-0.1, -0.05) is 23.4 Å². The second kappa shape index (κ2) is 5.81. The number of carbonyl (C=O) groups is 1. The molecule has 0 unspecified atom stereocenters. The Bertz CT molecular complexity index is 578. The van der Waals surface area contributed by atoms with E-state index in [0.717, 1.165) is 5.69 Å². The average molecular weight is 276 g/mol. The highest BCUT2D eigenvalue weighted by atomic mass is 16.3. The predicted octanol–water partition coefficient (Wildman–Crippen LogP) is -0.260. The molecule has 2 rings (SSSR count). The van der Waals surface area contributed by atoms with Gasteiger partial charge < -0.3 is 15.5 Å². The Labute approximate surface area is 115 Å². The number of para-hydroxylation sites is 1. The molecule has 106 valence electrons. The Morgan fingerprint density at radius 1 is 1.30 bits per heavy atom. The van der Waals surface area contributed by atoms with Crippen LogP contribution in [0.4, 0.5) is 0 Å². The highest BCUT2D eigenvalue weighted by Gasteiger charge is 2.26. The molecule has 7 nitrogen and oxygen atoms in total. The third-order valence-corrected chi connectivity index (χ3v) is 2.86. The number of aromatic nitrogens is 3. The number of aliphatic hydroxyl groups excluding tert-OH is 2. The third kappa shape index (κ3) is 3.01. The van der Waals surface area contributed by atoms with Gasteiger partial charge in [0.25, 0.3) is 5.91 Å². The standard InChI is InChI=1S/C13H16N4O3/c1-13(8-18,9-19)14-12(20)11-7-17(16-15-11)10-5-3-2-4-6-10/h2-7,18-19H,8-9H2,1H3,(H,14,20). The minimum absolute atomic E-state index is 0.113. The van der Waals surface area contributed by atoms with Crippen LogP contribution in [0.5, 0.6) is 0 Å². The van der Waals surface area contributed by atoms with Crippen molar-refractivity contribution in [3.8, 4) is 5.69 Å². The lowest BCUT2D eigenvalue weighted by atomic mass is 10.1. The van der Waals surface area contributed by atoms with Crippen LogP contribution < -0.4 is 5.32 Å². The summed E-state index contributed by atoms with van der Waals surface area (Å²) in [6.07, 6.45) is 1.49. The van der Waals surface area contributed by atoms with E-state index in [1.165, 1.54) is 17.8 Å². The molecular formula is C13H16N4O3. The molecule has 20 heavy (non-hydrogen) atoms. The third-order valence-electron chi connectivity index (χ3n) is 2.86. The molecule has 1 heterocycles. The van der Waals surface area contributed by atoms with E-state index in [9.17, 15) is 4.79 Å². The van der Waals surface area contributed by atoms with Gasteiger partial charge in [-0.25, -0.2) is 4.68 Å².